The minimum Gasteiger partial charge on any atom is -0.329 e. The fourth-order valence-electron chi connectivity index (χ4n) is 1.48. The number of nitrogens with two attached hydrogens (primary N) is 1. The van der Waals surface area contributed by atoms with Gasteiger partial charge in [0, 0.05) is 18.6 Å². The highest BCUT2D eigenvalue weighted by Gasteiger charge is 2.15. The maximum absolute atomic E-state index is 6.12. The molecule has 1 aromatic rings. The van der Waals surface area contributed by atoms with E-state index >= 15 is 0 Å². The lowest BCUT2D eigenvalue weighted by molar-refractivity contribution is 0.484. The van der Waals surface area contributed by atoms with Gasteiger partial charge in [0.05, 0.1) is 10.0 Å². The van der Waals surface area contributed by atoms with Gasteiger partial charge in [-0.05, 0) is 11.6 Å². The van der Waals surface area contributed by atoms with Gasteiger partial charge in [0.2, 0.25) is 0 Å². The minimum absolute atomic E-state index is 0.0520. The molecule has 4 heteroatoms. The Hall–Kier alpha value is -0.280. The van der Waals surface area contributed by atoms with Crippen LogP contribution in [0.15, 0.2) is 18.2 Å². The first-order chi connectivity index (χ1) is 7.06. The third-order valence-electron chi connectivity index (χ3n) is 2.13. The van der Waals surface area contributed by atoms with E-state index in [1.54, 1.807) is 6.07 Å². The second kappa shape index (κ2) is 5.71. The summed E-state index contributed by atoms with van der Waals surface area (Å²) in [7, 11) is 0. The second-order valence-corrected chi connectivity index (χ2v) is 4.54. The van der Waals surface area contributed by atoms with Gasteiger partial charge in [-0.15, -0.1) is 0 Å². The topological polar surface area (TPSA) is 38.0 Å². The Balaban J connectivity index is 2.96. The van der Waals surface area contributed by atoms with Crippen LogP contribution in [0.2, 0.25) is 10.0 Å². The molecule has 15 heavy (non-hydrogen) atoms. The molecule has 0 aliphatic rings. The maximum Gasteiger partial charge on any atom is 0.0640 e. The van der Waals surface area contributed by atoms with Crippen LogP contribution in [0.3, 0.4) is 0 Å². The largest absolute Gasteiger partial charge is 0.329 e. The van der Waals surface area contributed by atoms with Crippen LogP contribution in [-0.2, 0) is 0 Å². The molecule has 0 amide bonds. The van der Waals surface area contributed by atoms with Crippen molar-refractivity contribution in [1.82, 2.24) is 5.32 Å². The lowest BCUT2D eigenvalue weighted by Gasteiger charge is -2.21. The van der Waals surface area contributed by atoms with Gasteiger partial charge in [-0.25, -0.2) is 0 Å². The van der Waals surface area contributed by atoms with Crippen LogP contribution >= 0.6 is 23.2 Å². The molecule has 0 saturated carbocycles. The Kier molecular flexibility index (Phi) is 4.87. The van der Waals surface area contributed by atoms with Crippen LogP contribution in [0, 0.1) is 0 Å². The Bertz CT molecular complexity index is 326. The molecule has 0 fully saturated rings. The van der Waals surface area contributed by atoms with Crippen molar-refractivity contribution in [2.75, 3.05) is 6.54 Å². The SMILES string of the molecule is CC(C)NC(CN)c1cccc(Cl)c1Cl. The molecule has 0 aliphatic carbocycles. The lowest BCUT2D eigenvalue weighted by Crippen LogP contribution is -2.33. The van der Waals surface area contributed by atoms with Crippen LogP contribution in [0.4, 0.5) is 0 Å². The van der Waals surface area contributed by atoms with Gasteiger partial charge in [-0.1, -0.05) is 49.2 Å². The zero-order chi connectivity index (χ0) is 11.4. The van der Waals surface area contributed by atoms with Gasteiger partial charge in [0.15, 0.2) is 0 Å². The molecule has 0 radical (unpaired) electrons. The van der Waals surface area contributed by atoms with Crippen LogP contribution in [0.1, 0.15) is 25.5 Å². The molecule has 3 N–H and O–H groups in total. The summed E-state index contributed by atoms with van der Waals surface area (Å²) >= 11 is 12.1. The normalized spacial score (nSPS) is 13.2. The number of halogens is 2. The first-order valence-electron chi connectivity index (χ1n) is 4.96. The molecule has 1 rings (SSSR count). The fourth-order valence-corrected chi connectivity index (χ4v) is 1.92. The van der Waals surface area contributed by atoms with E-state index in [4.69, 9.17) is 28.9 Å². The van der Waals surface area contributed by atoms with Crippen molar-refractivity contribution in [2.45, 2.75) is 25.9 Å². The van der Waals surface area contributed by atoms with E-state index in [1.807, 2.05) is 12.1 Å². The molecule has 0 heterocycles. The molecule has 1 aromatic carbocycles. The van der Waals surface area contributed by atoms with Crippen molar-refractivity contribution in [1.29, 1.82) is 0 Å². The van der Waals surface area contributed by atoms with E-state index in [0.29, 0.717) is 22.6 Å². The van der Waals surface area contributed by atoms with Gasteiger partial charge in [-0.3, -0.25) is 0 Å². The van der Waals surface area contributed by atoms with E-state index in [1.165, 1.54) is 0 Å². The number of hydrogen-bond acceptors (Lipinski definition) is 2. The van der Waals surface area contributed by atoms with Crippen molar-refractivity contribution >= 4 is 23.2 Å². The molecule has 0 aromatic heterocycles. The number of nitrogens with one attached hydrogen (secondary N) is 1. The van der Waals surface area contributed by atoms with E-state index in [-0.39, 0.29) is 6.04 Å². The van der Waals surface area contributed by atoms with Crippen molar-refractivity contribution in [3.8, 4) is 0 Å². The zero-order valence-electron chi connectivity index (χ0n) is 8.93. The molecular formula is C11H16Cl2N2. The highest BCUT2D eigenvalue weighted by Crippen LogP contribution is 2.29. The average molecular weight is 247 g/mol. The predicted molar refractivity (Wildman–Crippen MR) is 66.5 cm³/mol. The second-order valence-electron chi connectivity index (χ2n) is 3.75. The summed E-state index contributed by atoms with van der Waals surface area (Å²) in [6.07, 6.45) is 0. The summed E-state index contributed by atoms with van der Waals surface area (Å²) in [4.78, 5) is 0. The third kappa shape index (κ3) is 3.35. The summed E-state index contributed by atoms with van der Waals surface area (Å²) in [5.41, 5.74) is 6.67. The Morgan fingerprint density at radius 3 is 2.53 bits per heavy atom. The minimum atomic E-state index is 0.0520. The van der Waals surface area contributed by atoms with Crippen molar-refractivity contribution in [2.24, 2.45) is 5.73 Å². The first kappa shape index (κ1) is 12.8. The fraction of sp³-hybridized carbons (Fsp3) is 0.455. The monoisotopic (exact) mass is 246 g/mol. The van der Waals surface area contributed by atoms with Gasteiger partial charge >= 0.3 is 0 Å². The summed E-state index contributed by atoms with van der Waals surface area (Å²) in [6.45, 7) is 4.64. The molecule has 1 atom stereocenters. The number of benzene rings is 1. The highest BCUT2D eigenvalue weighted by atomic mass is 35.5. The van der Waals surface area contributed by atoms with Gasteiger partial charge in [-0.2, -0.15) is 0 Å². The molecule has 84 valence electrons. The van der Waals surface area contributed by atoms with E-state index in [0.717, 1.165) is 5.56 Å². The molecule has 2 nitrogen and oxygen atoms in total. The number of rotatable bonds is 4. The average Bonchev–Trinajstić information content (AvgIpc) is 2.19. The Labute approximate surface area is 101 Å². The van der Waals surface area contributed by atoms with E-state index in [9.17, 15) is 0 Å². The first-order valence-corrected chi connectivity index (χ1v) is 5.72. The van der Waals surface area contributed by atoms with Crippen molar-refractivity contribution < 1.29 is 0 Å². The summed E-state index contributed by atoms with van der Waals surface area (Å²) < 4.78 is 0. The van der Waals surface area contributed by atoms with Crippen LogP contribution in [-0.4, -0.2) is 12.6 Å². The summed E-state index contributed by atoms with van der Waals surface area (Å²) in [6, 6.07) is 6.01. The van der Waals surface area contributed by atoms with Crippen LogP contribution < -0.4 is 11.1 Å². The van der Waals surface area contributed by atoms with Crippen LogP contribution in [0.25, 0.3) is 0 Å². The third-order valence-corrected chi connectivity index (χ3v) is 2.96. The van der Waals surface area contributed by atoms with Crippen molar-refractivity contribution in [3.05, 3.63) is 33.8 Å². The quantitative estimate of drug-likeness (QED) is 0.858. The maximum atomic E-state index is 6.12. The van der Waals surface area contributed by atoms with Gasteiger partial charge < -0.3 is 11.1 Å². The summed E-state index contributed by atoms with van der Waals surface area (Å²) in [5, 5.41) is 4.50. The van der Waals surface area contributed by atoms with Crippen molar-refractivity contribution in [3.63, 3.8) is 0 Å². The number of hydrogen-bond donors (Lipinski definition) is 2. The predicted octanol–water partition coefficient (Wildman–Crippen LogP) is 2.99. The van der Waals surface area contributed by atoms with Gasteiger partial charge in [0.1, 0.15) is 0 Å². The molecule has 0 spiro atoms. The smallest absolute Gasteiger partial charge is 0.0640 e. The van der Waals surface area contributed by atoms with Crippen LogP contribution in [0.5, 0.6) is 0 Å². The molecule has 0 bridgehead atoms. The van der Waals surface area contributed by atoms with E-state index in [2.05, 4.69) is 19.2 Å². The highest BCUT2D eigenvalue weighted by molar-refractivity contribution is 6.42. The standard InChI is InChI=1S/C11H16Cl2N2/c1-7(2)15-10(6-14)8-4-3-5-9(12)11(8)13/h3-5,7,10,15H,6,14H2,1-2H3. The van der Waals surface area contributed by atoms with Gasteiger partial charge in [0.25, 0.3) is 0 Å². The summed E-state index contributed by atoms with van der Waals surface area (Å²) in [5.74, 6) is 0. The molecule has 1 unspecified atom stereocenters. The zero-order valence-corrected chi connectivity index (χ0v) is 10.4. The Morgan fingerprint density at radius 2 is 2.00 bits per heavy atom. The Morgan fingerprint density at radius 1 is 1.33 bits per heavy atom. The molecular weight excluding hydrogens is 231 g/mol. The molecule has 0 saturated heterocycles. The molecule has 0 aliphatic heterocycles. The van der Waals surface area contributed by atoms with E-state index < -0.39 is 0 Å². The lowest BCUT2D eigenvalue weighted by atomic mass is 10.1.